The van der Waals surface area contributed by atoms with Crippen LogP contribution in [-0.2, 0) is 0 Å². The summed E-state index contributed by atoms with van der Waals surface area (Å²) in [6, 6.07) is 11.0. The molecule has 116 valence electrons. The number of halogens is 2. The average molecular weight is 306 g/mol. The molecule has 0 radical (unpaired) electrons. The number of rotatable bonds is 5. The number of alkyl halides is 2. The molecule has 0 aliphatic carbocycles. The van der Waals surface area contributed by atoms with Crippen LogP contribution in [0.25, 0.3) is 0 Å². The molecule has 22 heavy (non-hydrogen) atoms. The highest BCUT2D eigenvalue weighted by Gasteiger charge is 2.17. The molecule has 1 aromatic carbocycles. The molecule has 0 saturated carbocycles. The molecule has 0 aliphatic heterocycles. The third kappa shape index (κ3) is 4.00. The smallest absolute Gasteiger partial charge is 0.387 e. The number of pyridine rings is 1. The third-order valence-electron chi connectivity index (χ3n) is 3.07. The fourth-order valence-electron chi connectivity index (χ4n) is 2.06. The lowest BCUT2D eigenvalue weighted by molar-refractivity contribution is -0.0506. The Labute approximate surface area is 127 Å². The van der Waals surface area contributed by atoms with Crippen molar-refractivity contribution in [1.29, 1.82) is 0 Å². The molecule has 1 atom stereocenters. The maximum atomic E-state index is 12.4. The van der Waals surface area contributed by atoms with E-state index in [0.29, 0.717) is 5.56 Å². The summed E-state index contributed by atoms with van der Waals surface area (Å²) in [5.41, 5.74) is 1.48. The summed E-state index contributed by atoms with van der Waals surface area (Å²) in [4.78, 5) is 16.3. The molecule has 1 heterocycles. The molecule has 0 spiro atoms. The van der Waals surface area contributed by atoms with Gasteiger partial charge in [0.05, 0.1) is 6.04 Å². The van der Waals surface area contributed by atoms with Crippen LogP contribution in [0.4, 0.5) is 8.78 Å². The van der Waals surface area contributed by atoms with Gasteiger partial charge in [-0.15, -0.1) is 0 Å². The molecular weight excluding hydrogens is 290 g/mol. The Hall–Kier alpha value is -2.50. The monoisotopic (exact) mass is 306 g/mol. The van der Waals surface area contributed by atoms with Gasteiger partial charge in [0, 0.05) is 11.3 Å². The highest BCUT2D eigenvalue weighted by Crippen LogP contribution is 2.26. The number of nitrogens with zero attached hydrogens (tertiary/aromatic N) is 1. The van der Waals surface area contributed by atoms with Crippen molar-refractivity contribution < 1.29 is 18.3 Å². The predicted molar refractivity (Wildman–Crippen MR) is 77.9 cm³/mol. The maximum absolute atomic E-state index is 12.4. The summed E-state index contributed by atoms with van der Waals surface area (Å²) >= 11 is 0. The number of aromatic nitrogens is 1. The Balaban J connectivity index is 2.15. The maximum Gasteiger partial charge on any atom is 0.387 e. The number of ether oxygens (including phenoxy) is 1. The van der Waals surface area contributed by atoms with Crippen molar-refractivity contribution >= 4 is 5.91 Å². The second-order valence-electron chi connectivity index (χ2n) is 4.78. The van der Waals surface area contributed by atoms with Crippen LogP contribution in [0.5, 0.6) is 5.75 Å². The molecule has 1 aromatic heterocycles. The van der Waals surface area contributed by atoms with Crippen LogP contribution in [0.2, 0.25) is 0 Å². The Bertz CT molecular complexity index is 662. The number of hydrogen-bond acceptors (Lipinski definition) is 3. The zero-order chi connectivity index (χ0) is 16.1. The molecule has 4 nitrogen and oxygen atoms in total. The zero-order valence-electron chi connectivity index (χ0n) is 12.2. The van der Waals surface area contributed by atoms with E-state index in [9.17, 15) is 13.6 Å². The van der Waals surface area contributed by atoms with Gasteiger partial charge in [-0.05, 0) is 32.0 Å². The summed E-state index contributed by atoms with van der Waals surface area (Å²) in [5.74, 6) is -0.328. The molecule has 0 bridgehead atoms. The first-order valence-corrected chi connectivity index (χ1v) is 6.75. The lowest BCUT2D eigenvalue weighted by atomic mass is 10.1. The Morgan fingerprint density at radius 2 is 1.91 bits per heavy atom. The van der Waals surface area contributed by atoms with Crippen LogP contribution >= 0.6 is 0 Å². The highest BCUT2D eigenvalue weighted by atomic mass is 19.3. The molecule has 6 heteroatoms. The van der Waals surface area contributed by atoms with Crippen molar-refractivity contribution in [2.75, 3.05) is 0 Å². The summed E-state index contributed by atoms with van der Waals surface area (Å²) in [5, 5.41) is 2.73. The van der Waals surface area contributed by atoms with E-state index in [0.717, 1.165) is 5.69 Å². The van der Waals surface area contributed by atoms with Crippen molar-refractivity contribution in [3.05, 3.63) is 59.4 Å². The minimum Gasteiger partial charge on any atom is -0.434 e. The predicted octanol–water partition coefficient (Wildman–Crippen LogP) is 3.48. The van der Waals surface area contributed by atoms with Gasteiger partial charge in [-0.2, -0.15) is 8.78 Å². The minimum atomic E-state index is -2.91. The number of carbonyl (C=O) groups is 1. The third-order valence-corrected chi connectivity index (χ3v) is 3.07. The topological polar surface area (TPSA) is 51.2 Å². The van der Waals surface area contributed by atoms with E-state index in [1.165, 1.54) is 6.07 Å². The van der Waals surface area contributed by atoms with Crippen LogP contribution in [0.1, 0.15) is 34.7 Å². The van der Waals surface area contributed by atoms with Crippen LogP contribution < -0.4 is 10.1 Å². The molecule has 1 amide bonds. The number of nitrogens with one attached hydrogen (secondary N) is 1. The number of carbonyl (C=O) groups excluding carboxylic acids is 1. The van der Waals surface area contributed by atoms with Crippen LogP contribution in [0, 0.1) is 6.92 Å². The number of aryl methyl sites for hydroxylation is 1. The number of benzene rings is 1. The van der Waals surface area contributed by atoms with Gasteiger partial charge in [0.25, 0.3) is 5.91 Å². The van der Waals surface area contributed by atoms with Gasteiger partial charge in [-0.25, -0.2) is 4.98 Å². The Morgan fingerprint density at radius 1 is 1.18 bits per heavy atom. The molecular formula is C16H16F2N2O2. The lowest BCUT2D eigenvalue weighted by Crippen LogP contribution is -2.28. The first-order valence-electron chi connectivity index (χ1n) is 6.75. The Kier molecular flexibility index (Phi) is 5.04. The van der Waals surface area contributed by atoms with Crippen LogP contribution in [0.3, 0.4) is 0 Å². The summed E-state index contributed by atoms with van der Waals surface area (Å²) in [7, 11) is 0. The van der Waals surface area contributed by atoms with E-state index >= 15 is 0 Å². The normalized spacial score (nSPS) is 12.0. The van der Waals surface area contributed by atoms with Gasteiger partial charge in [0.2, 0.25) is 0 Å². The van der Waals surface area contributed by atoms with Crippen molar-refractivity contribution in [2.45, 2.75) is 26.5 Å². The standard InChI is InChI=1S/C16H16F2N2O2/c1-10-6-5-8-13(19-10)15(21)20-11(2)12-7-3-4-9-14(12)22-16(17)18/h3-9,11,16H,1-2H3,(H,20,21)/t11-/m0/s1. The fraction of sp³-hybridized carbons (Fsp3) is 0.250. The average Bonchev–Trinajstić information content (AvgIpc) is 2.47. The quantitative estimate of drug-likeness (QED) is 0.920. The van der Waals surface area contributed by atoms with Gasteiger partial charge in [0.15, 0.2) is 0 Å². The number of amides is 1. The second kappa shape index (κ2) is 6.98. The van der Waals surface area contributed by atoms with Crippen molar-refractivity contribution in [1.82, 2.24) is 10.3 Å². The molecule has 1 N–H and O–H groups in total. The minimum absolute atomic E-state index is 0.0440. The summed E-state index contributed by atoms with van der Waals surface area (Å²) < 4.78 is 29.3. The first kappa shape index (κ1) is 15.9. The molecule has 0 aliphatic rings. The van der Waals surface area contributed by atoms with Crippen molar-refractivity contribution in [2.24, 2.45) is 0 Å². The number of hydrogen-bond donors (Lipinski definition) is 1. The SMILES string of the molecule is Cc1cccc(C(=O)N[C@@H](C)c2ccccc2OC(F)F)n1. The zero-order valence-corrected chi connectivity index (χ0v) is 12.2. The van der Waals surface area contributed by atoms with Gasteiger partial charge in [0.1, 0.15) is 11.4 Å². The molecule has 0 fully saturated rings. The first-order chi connectivity index (χ1) is 10.5. The molecule has 2 aromatic rings. The van der Waals surface area contributed by atoms with Crippen molar-refractivity contribution in [3.8, 4) is 5.75 Å². The van der Waals surface area contributed by atoms with E-state index < -0.39 is 12.7 Å². The van der Waals surface area contributed by atoms with Crippen LogP contribution in [-0.4, -0.2) is 17.5 Å². The van der Waals surface area contributed by atoms with Gasteiger partial charge >= 0.3 is 6.61 Å². The highest BCUT2D eigenvalue weighted by molar-refractivity contribution is 5.92. The van der Waals surface area contributed by atoms with E-state index in [2.05, 4.69) is 15.0 Å². The molecule has 0 saturated heterocycles. The largest absolute Gasteiger partial charge is 0.434 e. The van der Waals surface area contributed by atoms with Gasteiger partial charge in [-0.1, -0.05) is 24.3 Å². The van der Waals surface area contributed by atoms with Crippen molar-refractivity contribution in [3.63, 3.8) is 0 Å². The fourth-order valence-corrected chi connectivity index (χ4v) is 2.06. The van der Waals surface area contributed by atoms with E-state index in [1.54, 1.807) is 50.2 Å². The summed E-state index contributed by atoms with van der Waals surface area (Å²) in [6.07, 6.45) is 0. The lowest BCUT2D eigenvalue weighted by Gasteiger charge is -2.18. The Morgan fingerprint density at radius 3 is 2.59 bits per heavy atom. The molecule has 2 rings (SSSR count). The van der Waals surface area contributed by atoms with Gasteiger partial charge in [-0.3, -0.25) is 4.79 Å². The van der Waals surface area contributed by atoms with E-state index in [1.807, 2.05) is 0 Å². The van der Waals surface area contributed by atoms with Gasteiger partial charge < -0.3 is 10.1 Å². The van der Waals surface area contributed by atoms with Crippen LogP contribution in [0.15, 0.2) is 42.5 Å². The molecule has 0 unspecified atom stereocenters. The number of para-hydroxylation sites is 1. The van der Waals surface area contributed by atoms with E-state index in [4.69, 9.17) is 0 Å². The van der Waals surface area contributed by atoms with E-state index in [-0.39, 0.29) is 17.4 Å². The summed E-state index contributed by atoms with van der Waals surface area (Å²) in [6.45, 7) is 0.565. The second-order valence-corrected chi connectivity index (χ2v) is 4.78.